The molecule has 1 aromatic carbocycles. The summed E-state index contributed by atoms with van der Waals surface area (Å²) in [6, 6.07) is 2.91. The Bertz CT molecular complexity index is 304. The molecule has 0 radical (unpaired) electrons. The van der Waals surface area contributed by atoms with Crippen molar-refractivity contribution in [3.63, 3.8) is 0 Å². The monoisotopic (exact) mass is 190 g/mol. The summed E-state index contributed by atoms with van der Waals surface area (Å²) in [7, 11) is 0. The highest BCUT2D eigenvalue weighted by atomic mass is 19.4. The Labute approximate surface area is 73.8 Å². The molecule has 1 aromatic rings. The van der Waals surface area contributed by atoms with Gasteiger partial charge < -0.3 is 5.11 Å². The standard InChI is InChI=1S/C9H9F3O/c1-2-6-5-7(9(10,11)12)3-4-8(6)13/h3-5,13H,2H2,1H3. The van der Waals surface area contributed by atoms with Crippen LogP contribution in [0.15, 0.2) is 18.2 Å². The van der Waals surface area contributed by atoms with Gasteiger partial charge in [0, 0.05) is 0 Å². The SMILES string of the molecule is CCc1cc(C(F)(F)F)ccc1O. The van der Waals surface area contributed by atoms with Gasteiger partial charge in [0.05, 0.1) is 5.56 Å². The highest BCUT2D eigenvalue weighted by Gasteiger charge is 2.30. The van der Waals surface area contributed by atoms with Gasteiger partial charge in [-0.25, -0.2) is 0 Å². The third-order valence-corrected chi connectivity index (χ3v) is 1.79. The number of aromatic hydroxyl groups is 1. The average molecular weight is 190 g/mol. The van der Waals surface area contributed by atoms with E-state index in [1.165, 1.54) is 0 Å². The first-order valence-electron chi connectivity index (χ1n) is 3.84. The van der Waals surface area contributed by atoms with Crippen LogP contribution in [0.3, 0.4) is 0 Å². The molecule has 1 rings (SSSR count). The van der Waals surface area contributed by atoms with Crippen LogP contribution in [-0.4, -0.2) is 5.11 Å². The number of aryl methyl sites for hydroxylation is 1. The molecule has 0 aliphatic heterocycles. The first-order valence-corrected chi connectivity index (χ1v) is 3.84. The minimum atomic E-state index is -4.34. The second kappa shape index (κ2) is 3.28. The molecule has 0 amide bonds. The molecule has 0 aliphatic rings. The van der Waals surface area contributed by atoms with Crippen LogP contribution in [0.5, 0.6) is 5.75 Å². The van der Waals surface area contributed by atoms with E-state index in [0.717, 1.165) is 18.2 Å². The summed E-state index contributed by atoms with van der Waals surface area (Å²) in [5, 5.41) is 9.13. The molecule has 1 N–H and O–H groups in total. The predicted molar refractivity (Wildman–Crippen MR) is 42.5 cm³/mol. The predicted octanol–water partition coefficient (Wildman–Crippen LogP) is 2.97. The maximum atomic E-state index is 12.2. The summed E-state index contributed by atoms with van der Waals surface area (Å²) in [5.41, 5.74) is -0.406. The topological polar surface area (TPSA) is 20.2 Å². The Hall–Kier alpha value is -1.19. The van der Waals surface area contributed by atoms with Crippen LogP contribution in [0, 0.1) is 0 Å². The van der Waals surface area contributed by atoms with E-state index >= 15 is 0 Å². The molecular weight excluding hydrogens is 181 g/mol. The molecule has 0 bridgehead atoms. The van der Waals surface area contributed by atoms with E-state index in [9.17, 15) is 13.2 Å². The normalized spacial score (nSPS) is 11.7. The minimum Gasteiger partial charge on any atom is -0.508 e. The average Bonchev–Trinajstić information content (AvgIpc) is 2.03. The van der Waals surface area contributed by atoms with Gasteiger partial charge in [0.25, 0.3) is 0 Å². The van der Waals surface area contributed by atoms with Crippen molar-refractivity contribution in [1.82, 2.24) is 0 Å². The number of phenolic OH excluding ortho intramolecular Hbond substituents is 1. The van der Waals surface area contributed by atoms with Crippen molar-refractivity contribution in [2.45, 2.75) is 19.5 Å². The molecule has 72 valence electrons. The quantitative estimate of drug-likeness (QED) is 0.721. The zero-order valence-electron chi connectivity index (χ0n) is 7.02. The lowest BCUT2D eigenvalue weighted by atomic mass is 10.1. The third-order valence-electron chi connectivity index (χ3n) is 1.79. The number of phenols is 1. The lowest BCUT2D eigenvalue weighted by Gasteiger charge is -2.08. The summed E-state index contributed by atoms with van der Waals surface area (Å²) < 4.78 is 36.5. The first-order chi connectivity index (χ1) is 5.95. The Kier molecular flexibility index (Phi) is 2.50. The zero-order valence-corrected chi connectivity index (χ0v) is 7.02. The van der Waals surface area contributed by atoms with Crippen molar-refractivity contribution >= 4 is 0 Å². The fourth-order valence-electron chi connectivity index (χ4n) is 1.05. The van der Waals surface area contributed by atoms with Crippen LogP contribution in [0.25, 0.3) is 0 Å². The zero-order chi connectivity index (χ0) is 10.1. The van der Waals surface area contributed by atoms with E-state index in [1.807, 2.05) is 0 Å². The number of rotatable bonds is 1. The van der Waals surface area contributed by atoms with Gasteiger partial charge in [-0.05, 0) is 30.2 Å². The Morgan fingerprint density at radius 2 is 1.92 bits per heavy atom. The van der Waals surface area contributed by atoms with Crippen LogP contribution in [0.2, 0.25) is 0 Å². The molecule has 4 heteroatoms. The molecule has 1 nitrogen and oxygen atoms in total. The molecule has 0 spiro atoms. The molecule has 0 aromatic heterocycles. The summed E-state index contributed by atoms with van der Waals surface area (Å²) in [5.74, 6) is -0.0875. The molecule has 0 saturated carbocycles. The Morgan fingerprint density at radius 1 is 1.31 bits per heavy atom. The van der Waals surface area contributed by atoms with Gasteiger partial charge in [-0.1, -0.05) is 6.92 Å². The van der Waals surface area contributed by atoms with Gasteiger partial charge in [-0.3, -0.25) is 0 Å². The number of benzene rings is 1. The van der Waals surface area contributed by atoms with Gasteiger partial charge in [-0.2, -0.15) is 13.2 Å². The Morgan fingerprint density at radius 3 is 2.38 bits per heavy atom. The van der Waals surface area contributed by atoms with Crippen LogP contribution < -0.4 is 0 Å². The molecule has 0 atom stereocenters. The second-order valence-corrected chi connectivity index (χ2v) is 2.69. The third kappa shape index (κ3) is 2.14. The number of alkyl halides is 3. The minimum absolute atomic E-state index is 0.0875. The molecule has 0 aliphatic carbocycles. The maximum absolute atomic E-state index is 12.2. The number of halogens is 3. The van der Waals surface area contributed by atoms with Crippen molar-refractivity contribution < 1.29 is 18.3 Å². The highest BCUT2D eigenvalue weighted by molar-refractivity contribution is 5.37. The van der Waals surface area contributed by atoms with E-state index in [2.05, 4.69) is 0 Å². The van der Waals surface area contributed by atoms with Gasteiger partial charge in [0.15, 0.2) is 0 Å². The van der Waals surface area contributed by atoms with Crippen LogP contribution in [0.1, 0.15) is 18.1 Å². The van der Waals surface area contributed by atoms with E-state index in [-0.39, 0.29) is 5.75 Å². The summed E-state index contributed by atoms with van der Waals surface area (Å²) >= 11 is 0. The molecule has 0 unspecified atom stereocenters. The fourth-order valence-corrected chi connectivity index (χ4v) is 1.05. The maximum Gasteiger partial charge on any atom is 0.416 e. The van der Waals surface area contributed by atoms with Crippen LogP contribution in [-0.2, 0) is 12.6 Å². The first kappa shape index (κ1) is 9.89. The summed E-state index contributed by atoms with van der Waals surface area (Å²) in [4.78, 5) is 0. The van der Waals surface area contributed by atoms with E-state index in [0.29, 0.717) is 12.0 Å². The van der Waals surface area contributed by atoms with E-state index in [1.54, 1.807) is 6.92 Å². The van der Waals surface area contributed by atoms with E-state index in [4.69, 9.17) is 5.11 Å². The van der Waals surface area contributed by atoms with Crippen molar-refractivity contribution in [2.75, 3.05) is 0 Å². The molecule has 0 fully saturated rings. The van der Waals surface area contributed by atoms with Crippen molar-refractivity contribution in [3.8, 4) is 5.75 Å². The second-order valence-electron chi connectivity index (χ2n) is 2.69. The molecular formula is C9H9F3O. The smallest absolute Gasteiger partial charge is 0.416 e. The number of hydrogen-bond donors (Lipinski definition) is 1. The molecule has 0 heterocycles. The lowest BCUT2D eigenvalue weighted by molar-refractivity contribution is -0.137. The van der Waals surface area contributed by atoms with Gasteiger partial charge in [-0.15, -0.1) is 0 Å². The summed E-state index contributed by atoms with van der Waals surface area (Å²) in [6.45, 7) is 1.69. The number of hydrogen-bond acceptors (Lipinski definition) is 1. The van der Waals surface area contributed by atoms with Crippen LogP contribution >= 0.6 is 0 Å². The van der Waals surface area contributed by atoms with E-state index < -0.39 is 11.7 Å². The van der Waals surface area contributed by atoms with Crippen LogP contribution in [0.4, 0.5) is 13.2 Å². The molecule has 0 saturated heterocycles. The largest absolute Gasteiger partial charge is 0.508 e. The highest BCUT2D eigenvalue weighted by Crippen LogP contribution is 2.32. The molecule has 13 heavy (non-hydrogen) atoms. The Balaban J connectivity index is 3.14. The summed E-state index contributed by atoms with van der Waals surface area (Å²) in [6.07, 6.45) is -3.95. The van der Waals surface area contributed by atoms with Gasteiger partial charge in [0.1, 0.15) is 5.75 Å². The fraction of sp³-hybridized carbons (Fsp3) is 0.333. The van der Waals surface area contributed by atoms with Gasteiger partial charge in [0.2, 0.25) is 0 Å². The van der Waals surface area contributed by atoms with Crippen molar-refractivity contribution in [2.24, 2.45) is 0 Å². The van der Waals surface area contributed by atoms with Gasteiger partial charge >= 0.3 is 6.18 Å². The lowest BCUT2D eigenvalue weighted by Crippen LogP contribution is -2.05. The van der Waals surface area contributed by atoms with Crippen molar-refractivity contribution in [1.29, 1.82) is 0 Å². The van der Waals surface area contributed by atoms with Crippen molar-refractivity contribution in [3.05, 3.63) is 29.3 Å².